The summed E-state index contributed by atoms with van der Waals surface area (Å²) in [6.45, 7) is 0. The normalized spacial score (nSPS) is 11.5. The van der Waals surface area contributed by atoms with Crippen LogP contribution in [0.4, 0.5) is 5.82 Å². The van der Waals surface area contributed by atoms with Crippen LogP contribution in [0, 0.1) is 0 Å². The van der Waals surface area contributed by atoms with Crippen molar-refractivity contribution in [1.29, 1.82) is 0 Å². The van der Waals surface area contributed by atoms with Gasteiger partial charge >= 0.3 is 6.01 Å². The molecule has 0 atom stereocenters. The summed E-state index contributed by atoms with van der Waals surface area (Å²) in [7, 11) is 0. The molecule has 6 rings (SSSR count). The van der Waals surface area contributed by atoms with E-state index < -0.39 is 6.01 Å². The molecule has 11 heteroatoms. The third-order valence-corrected chi connectivity index (χ3v) is 6.62. The van der Waals surface area contributed by atoms with Gasteiger partial charge in [0.05, 0.1) is 34.1 Å². The number of anilines is 1. The summed E-state index contributed by atoms with van der Waals surface area (Å²) in [5.74, 6) is -0.195. The van der Waals surface area contributed by atoms with Gasteiger partial charge in [0, 0.05) is 21.4 Å². The van der Waals surface area contributed by atoms with E-state index in [2.05, 4.69) is 40.7 Å². The third kappa shape index (κ3) is 4.62. The van der Waals surface area contributed by atoms with Crippen molar-refractivity contribution in [2.75, 3.05) is 5.32 Å². The minimum Gasteiger partial charge on any atom is -0.479 e. The Hall–Kier alpha value is -5.03. The first-order valence-corrected chi connectivity index (χ1v) is 12.0. The van der Waals surface area contributed by atoms with Crippen LogP contribution in [0.15, 0.2) is 82.8 Å². The van der Waals surface area contributed by atoms with Crippen LogP contribution in [0.5, 0.6) is 6.01 Å². The van der Waals surface area contributed by atoms with Crippen LogP contribution in [0.3, 0.4) is 0 Å². The molecule has 0 aliphatic rings. The van der Waals surface area contributed by atoms with Crippen molar-refractivity contribution in [2.45, 2.75) is 9.79 Å². The van der Waals surface area contributed by atoms with Crippen LogP contribution >= 0.6 is 11.8 Å². The van der Waals surface area contributed by atoms with Gasteiger partial charge in [-0.25, -0.2) is 0 Å². The smallest absolute Gasteiger partial charge is 0.317 e. The number of fused-ring (bicyclic) bond motifs is 2. The highest BCUT2D eigenvalue weighted by Crippen LogP contribution is 2.33. The van der Waals surface area contributed by atoms with E-state index in [4.69, 9.17) is 0 Å². The van der Waals surface area contributed by atoms with Crippen molar-refractivity contribution in [3.05, 3.63) is 90.0 Å². The molecule has 1 amide bonds. The Balaban J connectivity index is 1.25. The fraction of sp³-hybridized carbons (Fsp3) is 0. The summed E-state index contributed by atoms with van der Waals surface area (Å²) in [5, 5.41) is 28.1. The third-order valence-electron chi connectivity index (χ3n) is 5.55. The van der Waals surface area contributed by atoms with Crippen molar-refractivity contribution in [2.24, 2.45) is 0 Å². The van der Waals surface area contributed by atoms with Crippen molar-refractivity contribution in [1.82, 2.24) is 35.3 Å². The van der Waals surface area contributed by atoms with E-state index in [0.29, 0.717) is 16.6 Å². The summed E-state index contributed by atoms with van der Waals surface area (Å²) >= 11 is 1.46. The van der Waals surface area contributed by atoms with Gasteiger partial charge < -0.3 is 10.4 Å². The van der Waals surface area contributed by atoms with Gasteiger partial charge in [-0.05, 0) is 54.6 Å². The number of rotatable bonds is 6. The standard InChI is InChI=1S/C26H18N8O2S/c35-25(29-23-19-14-28-34-24(19)31-26(36)30-23)18-6-1-2-7-22(18)37-16-9-10-17-20(32-33-21(17)13-16)11-8-15-5-3-4-12-27-15/h1-14H,(H,32,33)(H3,28,29,30,31,34,35,36)/b11-8+. The molecule has 0 radical (unpaired) electrons. The first-order chi connectivity index (χ1) is 18.1. The maximum absolute atomic E-state index is 13.2. The molecule has 0 unspecified atom stereocenters. The van der Waals surface area contributed by atoms with Gasteiger partial charge in [0.15, 0.2) is 11.5 Å². The quantitative estimate of drug-likeness (QED) is 0.249. The number of amides is 1. The Bertz CT molecular complexity index is 1780. The highest BCUT2D eigenvalue weighted by molar-refractivity contribution is 7.99. The van der Waals surface area contributed by atoms with Gasteiger partial charge in [-0.2, -0.15) is 20.2 Å². The molecular formula is C26H18N8O2S. The molecule has 10 nitrogen and oxygen atoms in total. The number of carbonyl (C=O) groups is 1. The molecule has 37 heavy (non-hydrogen) atoms. The molecule has 0 saturated heterocycles. The Morgan fingerprint density at radius 2 is 1.86 bits per heavy atom. The van der Waals surface area contributed by atoms with Gasteiger partial charge in [-0.3, -0.25) is 20.0 Å². The van der Waals surface area contributed by atoms with E-state index >= 15 is 0 Å². The molecule has 180 valence electrons. The fourth-order valence-corrected chi connectivity index (χ4v) is 4.80. The van der Waals surface area contributed by atoms with Crippen LogP contribution in [-0.2, 0) is 0 Å². The SMILES string of the molecule is O=C(Nc1nc(O)nc2[nH]ncc12)c1ccccc1Sc1ccc2c(/C=C/c3ccccn3)n[nH]c2c1. The number of benzene rings is 2. The Morgan fingerprint density at radius 3 is 2.76 bits per heavy atom. The van der Waals surface area contributed by atoms with Crippen molar-refractivity contribution >= 4 is 57.6 Å². The summed E-state index contributed by atoms with van der Waals surface area (Å²) in [6, 6.07) is 18.6. The second-order valence-corrected chi connectivity index (χ2v) is 9.08. The lowest BCUT2D eigenvalue weighted by molar-refractivity contribution is 0.102. The highest BCUT2D eigenvalue weighted by atomic mass is 32.2. The van der Waals surface area contributed by atoms with Crippen LogP contribution in [0.1, 0.15) is 21.7 Å². The summed E-state index contributed by atoms with van der Waals surface area (Å²) in [4.78, 5) is 27.0. The Labute approximate surface area is 213 Å². The zero-order valence-electron chi connectivity index (χ0n) is 19.1. The van der Waals surface area contributed by atoms with E-state index in [0.717, 1.165) is 32.1 Å². The second-order valence-electron chi connectivity index (χ2n) is 7.96. The average Bonchev–Trinajstić information content (AvgIpc) is 3.55. The van der Waals surface area contributed by atoms with Crippen LogP contribution < -0.4 is 5.32 Å². The summed E-state index contributed by atoms with van der Waals surface area (Å²) < 4.78 is 0. The predicted octanol–water partition coefficient (Wildman–Crippen LogP) is 4.90. The van der Waals surface area contributed by atoms with E-state index in [-0.39, 0.29) is 11.7 Å². The minimum atomic E-state index is -0.461. The second kappa shape index (κ2) is 9.55. The first-order valence-electron chi connectivity index (χ1n) is 11.2. The number of nitrogens with one attached hydrogen (secondary N) is 3. The van der Waals surface area contributed by atoms with Crippen molar-refractivity contribution in [3.63, 3.8) is 0 Å². The molecular weight excluding hydrogens is 488 g/mol. The number of hydrogen-bond acceptors (Lipinski definition) is 8. The number of hydrogen-bond donors (Lipinski definition) is 4. The largest absolute Gasteiger partial charge is 0.479 e. The lowest BCUT2D eigenvalue weighted by Crippen LogP contribution is -2.14. The topological polar surface area (TPSA) is 145 Å². The number of pyridine rings is 1. The molecule has 0 bridgehead atoms. The molecule has 0 saturated carbocycles. The lowest BCUT2D eigenvalue weighted by atomic mass is 10.2. The Kier molecular flexibility index (Phi) is 5.79. The van der Waals surface area contributed by atoms with E-state index in [1.807, 2.05) is 60.7 Å². The Morgan fingerprint density at radius 1 is 0.973 bits per heavy atom. The molecule has 6 aromatic rings. The highest BCUT2D eigenvalue weighted by Gasteiger charge is 2.17. The average molecular weight is 507 g/mol. The van der Waals surface area contributed by atoms with Gasteiger partial charge in [-0.1, -0.05) is 30.0 Å². The number of aromatic hydroxyl groups is 1. The molecule has 0 fully saturated rings. The van der Waals surface area contributed by atoms with Crippen LogP contribution in [0.2, 0.25) is 0 Å². The molecule has 4 N–H and O–H groups in total. The van der Waals surface area contributed by atoms with Gasteiger partial charge in [0.1, 0.15) is 0 Å². The lowest BCUT2D eigenvalue weighted by Gasteiger charge is -2.10. The van der Waals surface area contributed by atoms with Crippen LogP contribution in [0.25, 0.3) is 34.1 Å². The van der Waals surface area contributed by atoms with Gasteiger partial charge in [0.25, 0.3) is 5.91 Å². The number of H-pyrrole nitrogens is 2. The molecule has 2 aromatic carbocycles. The number of carbonyl (C=O) groups excluding carboxylic acids is 1. The number of aromatic amines is 2. The predicted molar refractivity (Wildman–Crippen MR) is 141 cm³/mol. The molecule has 0 aliphatic heterocycles. The molecule has 4 heterocycles. The molecule has 0 spiro atoms. The van der Waals surface area contributed by atoms with E-state index in [9.17, 15) is 9.90 Å². The summed E-state index contributed by atoms with van der Waals surface area (Å²) in [5.41, 5.74) is 3.34. The maximum Gasteiger partial charge on any atom is 0.317 e. The zero-order valence-corrected chi connectivity index (χ0v) is 19.9. The molecule has 0 aliphatic carbocycles. The minimum absolute atomic E-state index is 0.172. The van der Waals surface area contributed by atoms with Gasteiger partial charge in [-0.15, -0.1) is 0 Å². The van der Waals surface area contributed by atoms with Crippen LogP contribution in [-0.4, -0.2) is 46.4 Å². The summed E-state index contributed by atoms with van der Waals surface area (Å²) in [6.07, 6.45) is 7.08. The first kappa shape index (κ1) is 22.4. The van der Waals surface area contributed by atoms with E-state index in [1.165, 1.54) is 18.0 Å². The zero-order chi connectivity index (χ0) is 25.2. The van der Waals surface area contributed by atoms with E-state index in [1.54, 1.807) is 18.3 Å². The monoisotopic (exact) mass is 506 g/mol. The number of nitrogens with zero attached hydrogens (tertiary/aromatic N) is 5. The van der Waals surface area contributed by atoms with Crippen molar-refractivity contribution < 1.29 is 9.90 Å². The molecule has 4 aromatic heterocycles. The maximum atomic E-state index is 13.2. The number of aromatic nitrogens is 7. The van der Waals surface area contributed by atoms with Gasteiger partial charge in [0.2, 0.25) is 0 Å². The van der Waals surface area contributed by atoms with Crippen molar-refractivity contribution in [3.8, 4) is 6.01 Å². The fourth-order valence-electron chi connectivity index (χ4n) is 3.81.